The third kappa shape index (κ3) is 4.04. The van der Waals surface area contributed by atoms with Crippen molar-refractivity contribution in [3.63, 3.8) is 0 Å². The highest BCUT2D eigenvalue weighted by atomic mass is 35.5. The van der Waals surface area contributed by atoms with E-state index in [2.05, 4.69) is 77.2 Å². The van der Waals surface area contributed by atoms with E-state index in [4.69, 9.17) is 0 Å². The van der Waals surface area contributed by atoms with Crippen LogP contribution in [-0.2, 0) is 6.54 Å². The number of aryl methyl sites for hydroxylation is 1. The number of piperazine rings is 1. The van der Waals surface area contributed by atoms with E-state index in [9.17, 15) is 0 Å². The monoisotopic (exact) mass is 374 g/mol. The van der Waals surface area contributed by atoms with E-state index in [0.717, 1.165) is 19.6 Å². The summed E-state index contributed by atoms with van der Waals surface area (Å²) < 4.78 is 2.50. The van der Waals surface area contributed by atoms with E-state index >= 15 is 0 Å². The molecule has 1 aliphatic heterocycles. The van der Waals surface area contributed by atoms with Gasteiger partial charge in [-0.1, -0.05) is 36.4 Å². The second-order valence-electron chi connectivity index (χ2n) is 7.27. The normalized spacial score (nSPS) is 20.7. The van der Waals surface area contributed by atoms with E-state index in [0.29, 0.717) is 12.1 Å². The van der Waals surface area contributed by atoms with E-state index in [1.54, 1.807) is 0 Å². The zero-order valence-corrected chi connectivity index (χ0v) is 16.3. The molecule has 4 rings (SSSR count). The Hall–Kier alpha value is -1.59. The molecular formula is C21H29ClN3O-. The predicted octanol–water partition coefficient (Wildman–Crippen LogP) is 0.0461. The number of para-hydroxylation sites is 2. The van der Waals surface area contributed by atoms with Crippen LogP contribution in [0.25, 0.3) is 21.8 Å². The molecule has 1 aliphatic rings. The van der Waals surface area contributed by atoms with Gasteiger partial charge in [0.1, 0.15) is 0 Å². The minimum Gasteiger partial charge on any atom is -1.00 e. The van der Waals surface area contributed by atoms with Gasteiger partial charge in [0.25, 0.3) is 0 Å². The van der Waals surface area contributed by atoms with Crippen LogP contribution in [0.2, 0.25) is 0 Å². The molecule has 26 heavy (non-hydrogen) atoms. The van der Waals surface area contributed by atoms with Crippen molar-refractivity contribution in [2.24, 2.45) is 0 Å². The molecule has 0 aliphatic carbocycles. The Morgan fingerprint density at radius 2 is 1.35 bits per heavy atom. The molecule has 0 radical (unpaired) electrons. The van der Waals surface area contributed by atoms with Crippen molar-refractivity contribution in [2.75, 3.05) is 19.6 Å². The fourth-order valence-corrected chi connectivity index (χ4v) is 4.32. The molecule has 0 saturated carbocycles. The van der Waals surface area contributed by atoms with Crippen molar-refractivity contribution < 1.29 is 17.9 Å². The van der Waals surface area contributed by atoms with E-state index in [1.165, 1.54) is 34.8 Å². The van der Waals surface area contributed by atoms with Crippen molar-refractivity contribution in [3.05, 3.63) is 48.5 Å². The van der Waals surface area contributed by atoms with Crippen molar-refractivity contribution in [3.8, 4) is 0 Å². The molecule has 5 heteroatoms. The number of rotatable bonds is 4. The number of hydrogen-bond acceptors (Lipinski definition) is 2. The summed E-state index contributed by atoms with van der Waals surface area (Å²) in [5.41, 5.74) is 2.72. The first-order chi connectivity index (χ1) is 11.7. The highest BCUT2D eigenvalue weighted by molar-refractivity contribution is 6.07. The standard InChI is InChI=1S/C21H27N3.ClH.H2O/c1-16-14-23(15-17(2)22-16)12-7-13-24-20-10-5-3-8-18(20)19-9-4-6-11-21(19)24;;/h3-6,8-11,16-17,22H,7,12-15H2,1-2H3;1H;1H2/p-1. The lowest BCUT2D eigenvalue weighted by Crippen LogP contribution is -3.00. The minimum absolute atomic E-state index is 0. The molecule has 2 heterocycles. The molecule has 2 unspecified atom stereocenters. The van der Waals surface area contributed by atoms with Crippen molar-refractivity contribution in [1.29, 1.82) is 0 Å². The van der Waals surface area contributed by atoms with Crippen LogP contribution in [-0.4, -0.2) is 46.7 Å². The third-order valence-corrected chi connectivity index (χ3v) is 5.17. The van der Waals surface area contributed by atoms with Gasteiger partial charge in [0.2, 0.25) is 0 Å². The number of benzene rings is 2. The summed E-state index contributed by atoms with van der Waals surface area (Å²) >= 11 is 0. The minimum atomic E-state index is 0. The summed E-state index contributed by atoms with van der Waals surface area (Å²) in [6.45, 7) is 9.16. The molecular weight excluding hydrogens is 346 g/mol. The topological polar surface area (TPSA) is 51.7 Å². The number of fused-ring (bicyclic) bond motifs is 3. The highest BCUT2D eigenvalue weighted by Gasteiger charge is 2.20. The van der Waals surface area contributed by atoms with Gasteiger partial charge < -0.3 is 32.7 Å². The van der Waals surface area contributed by atoms with Crippen LogP contribution in [0.4, 0.5) is 0 Å². The summed E-state index contributed by atoms with van der Waals surface area (Å²) in [4.78, 5) is 2.61. The average molecular weight is 375 g/mol. The molecule has 3 N–H and O–H groups in total. The Morgan fingerprint density at radius 3 is 1.88 bits per heavy atom. The molecule has 2 atom stereocenters. The molecule has 2 aromatic carbocycles. The van der Waals surface area contributed by atoms with Gasteiger partial charge in [-0.2, -0.15) is 0 Å². The largest absolute Gasteiger partial charge is 1.00 e. The zero-order valence-electron chi connectivity index (χ0n) is 15.6. The van der Waals surface area contributed by atoms with Crippen LogP contribution in [0, 0.1) is 0 Å². The SMILES string of the molecule is CC1CN(CCCn2c3ccccc3c3ccccc32)CC(C)N1.O.[Cl-]. The summed E-state index contributed by atoms with van der Waals surface area (Å²) in [6, 6.07) is 18.8. The van der Waals surface area contributed by atoms with Gasteiger partial charge in [0.05, 0.1) is 0 Å². The summed E-state index contributed by atoms with van der Waals surface area (Å²) in [5, 5.41) is 6.36. The molecule has 0 amide bonds. The molecule has 0 bridgehead atoms. The maximum atomic E-state index is 3.61. The van der Waals surface area contributed by atoms with E-state index in [-0.39, 0.29) is 17.9 Å². The fraction of sp³-hybridized carbons (Fsp3) is 0.429. The number of nitrogens with zero attached hydrogens (tertiary/aromatic N) is 2. The van der Waals surface area contributed by atoms with E-state index in [1.807, 2.05) is 0 Å². The second kappa shape index (κ2) is 8.87. The lowest BCUT2D eigenvalue weighted by molar-refractivity contribution is -0.00000647. The Balaban J connectivity index is 0.00000121. The van der Waals surface area contributed by atoms with Crippen molar-refractivity contribution in [2.45, 2.75) is 38.9 Å². The van der Waals surface area contributed by atoms with Crippen LogP contribution in [0.1, 0.15) is 20.3 Å². The van der Waals surface area contributed by atoms with Crippen LogP contribution >= 0.6 is 0 Å². The second-order valence-corrected chi connectivity index (χ2v) is 7.27. The smallest absolute Gasteiger partial charge is 0.0491 e. The fourth-order valence-electron chi connectivity index (χ4n) is 4.32. The Labute approximate surface area is 161 Å². The Morgan fingerprint density at radius 1 is 0.846 bits per heavy atom. The molecule has 1 fully saturated rings. The quantitative estimate of drug-likeness (QED) is 0.701. The lowest BCUT2D eigenvalue weighted by atomic mass is 10.1. The van der Waals surface area contributed by atoms with Crippen molar-refractivity contribution in [1.82, 2.24) is 14.8 Å². The van der Waals surface area contributed by atoms with Crippen LogP contribution in [0.3, 0.4) is 0 Å². The molecule has 3 aromatic rings. The van der Waals surface area contributed by atoms with Gasteiger partial charge >= 0.3 is 0 Å². The average Bonchev–Trinajstić information content (AvgIpc) is 2.89. The first-order valence-corrected chi connectivity index (χ1v) is 9.17. The maximum absolute atomic E-state index is 3.61. The van der Waals surface area contributed by atoms with Crippen LogP contribution in [0.15, 0.2) is 48.5 Å². The first-order valence-electron chi connectivity index (χ1n) is 9.17. The van der Waals surface area contributed by atoms with Gasteiger partial charge in [-0.05, 0) is 38.9 Å². The van der Waals surface area contributed by atoms with Crippen LogP contribution in [0.5, 0.6) is 0 Å². The van der Waals surface area contributed by atoms with Gasteiger partial charge in [0, 0.05) is 53.5 Å². The first kappa shape index (κ1) is 20.7. The Bertz CT molecular complexity index is 784. The molecule has 0 spiro atoms. The number of aromatic nitrogens is 1. The summed E-state index contributed by atoms with van der Waals surface area (Å²) in [7, 11) is 0. The number of hydrogen-bond donors (Lipinski definition) is 1. The van der Waals surface area contributed by atoms with E-state index < -0.39 is 0 Å². The van der Waals surface area contributed by atoms with Crippen LogP contribution < -0.4 is 17.7 Å². The summed E-state index contributed by atoms with van der Waals surface area (Å²) in [6.07, 6.45) is 1.20. The zero-order chi connectivity index (χ0) is 16.5. The van der Waals surface area contributed by atoms with Gasteiger partial charge in [0.15, 0.2) is 0 Å². The molecule has 1 aromatic heterocycles. The predicted molar refractivity (Wildman–Crippen MR) is 106 cm³/mol. The third-order valence-electron chi connectivity index (χ3n) is 5.17. The molecule has 1 saturated heterocycles. The number of halogens is 1. The lowest BCUT2D eigenvalue weighted by Gasteiger charge is -2.36. The van der Waals surface area contributed by atoms with Gasteiger partial charge in [-0.25, -0.2) is 0 Å². The summed E-state index contributed by atoms with van der Waals surface area (Å²) in [5.74, 6) is 0. The van der Waals surface area contributed by atoms with Gasteiger partial charge in [-0.15, -0.1) is 0 Å². The highest BCUT2D eigenvalue weighted by Crippen LogP contribution is 2.28. The molecule has 142 valence electrons. The maximum Gasteiger partial charge on any atom is 0.0491 e. The van der Waals surface area contributed by atoms with Crippen molar-refractivity contribution >= 4 is 21.8 Å². The Kier molecular flexibility index (Phi) is 7.07. The molecule has 4 nitrogen and oxygen atoms in total. The number of nitrogens with one attached hydrogen (secondary N) is 1. The van der Waals surface area contributed by atoms with Gasteiger partial charge in [-0.3, -0.25) is 0 Å².